The molecule has 8 nitrogen and oxygen atoms in total. The Bertz CT molecular complexity index is 488. The monoisotopic (exact) mass is 281 g/mol. The number of aromatic nitrogens is 1. The van der Waals surface area contributed by atoms with E-state index >= 15 is 0 Å². The molecule has 1 aromatic heterocycles. The third-order valence-corrected chi connectivity index (χ3v) is 3.59. The quantitative estimate of drug-likeness (QED) is 0.365. The Kier molecular flexibility index (Phi) is 4.35. The summed E-state index contributed by atoms with van der Waals surface area (Å²) >= 11 is 0. The second kappa shape index (κ2) is 6.02. The van der Waals surface area contributed by atoms with Crippen molar-refractivity contribution < 1.29 is 10.0 Å². The molecule has 1 aliphatic carbocycles. The fraction of sp³-hybridized carbons (Fsp3) is 0.583. The van der Waals surface area contributed by atoms with Gasteiger partial charge in [-0.3, -0.25) is 10.1 Å². The Morgan fingerprint density at radius 3 is 2.70 bits per heavy atom. The number of nitrogen functional groups attached to an aromatic ring is 1. The maximum absolute atomic E-state index is 11.0. The normalized spacial score (nSPS) is 17.5. The first kappa shape index (κ1) is 14.5. The molecular formula is C12H19N5O3. The van der Waals surface area contributed by atoms with Crippen molar-refractivity contribution in [1.82, 2.24) is 4.98 Å². The second-order valence-electron chi connectivity index (χ2n) is 5.10. The van der Waals surface area contributed by atoms with Crippen molar-refractivity contribution in [3.8, 4) is 0 Å². The number of anilines is 2. The van der Waals surface area contributed by atoms with Crippen LogP contribution in [0.15, 0.2) is 12.1 Å². The van der Waals surface area contributed by atoms with E-state index in [9.17, 15) is 15.2 Å². The number of pyridine rings is 1. The first-order chi connectivity index (χ1) is 9.54. The zero-order valence-corrected chi connectivity index (χ0v) is 11.1. The lowest BCUT2D eigenvalue weighted by Crippen LogP contribution is -2.39. The lowest BCUT2D eigenvalue weighted by molar-refractivity contribution is -0.384. The van der Waals surface area contributed by atoms with Crippen molar-refractivity contribution in [1.29, 1.82) is 0 Å². The number of nitrogens with zero attached hydrogens (tertiary/aromatic N) is 2. The molecule has 0 unspecified atom stereocenters. The van der Waals surface area contributed by atoms with Crippen LogP contribution in [0.25, 0.3) is 0 Å². The zero-order valence-electron chi connectivity index (χ0n) is 11.1. The summed E-state index contributed by atoms with van der Waals surface area (Å²) in [7, 11) is 0. The van der Waals surface area contributed by atoms with Gasteiger partial charge in [0.05, 0.1) is 10.5 Å². The van der Waals surface area contributed by atoms with Crippen molar-refractivity contribution in [2.24, 2.45) is 5.84 Å². The van der Waals surface area contributed by atoms with E-state index in [0.717, 1.165) is 19.3 Å². The van der Waals surface area contributed by atoms with Gasteiger partial charge in [-0.15, -0.1) is 0 Å². The fourth-order valence-electron chi connectivity index (χ4n) is 2.44. The molecule has 0 bridgehead atoms. The second-order valence-corrected chi connectivity index (χ2v) is 5.10. The molecule has 1 aromatic rings. The minimum Gasteiger partial charge on any atom is -0.388 e. The van der Waals surface area contributed by atoms with Gasteiger partial charge in [-0.05, 0) is 18.9 Å². The molecule has 0 amide bonds. The van der Waals surface area contributed by atoms with Gasteiger partial charge in [0.25, 0.3) is 0 Å². The number of hydrazine groups is 1. The van der Waals surface area contributed by atoms with Crippen LogP contribution in [0.4, 0.5) is 17.3 Å². The Labute approximate surface area is 116 Å². The van der Waals surface area contributed by atoms with Gasteiger partial charge in [-0.25, -0.2) is 10.8 Å². The average molecular weight is 281 g/mol. The van der Waals surface area contributed by atoms with Crippen LogP contribution < -0.4 is 16.6 Å². The molecule has 0 radical (unpaired) electrons. The minimum absolute atomic E-state index is 0.115. The molecule has 0 saturated heterocycles. The molecule has 0 spiro atoms. The summed E-state index contributed by atoms with van der Waals surface area (Å²) in [6, 6.07) is 2.76. The SMILES string of the molecule is NNc1ccc([N+](=O)[O-])c(NCC2(O)CCCCC2)n1. The van der Waals surface area contributed by atoms with Gasteiger partial charge < -0.3 is 15.8 Å². The topological polar surface area (TPSA) is 126 Å². The predicted octanol–water partition coefficient (Wildman–Crippen LogP) is 1.38. The standard InChI is InChI=1S/C12H19N5O3/c13-16-10-5-4-9(17(19)20)11(15-10)14-8-12(18)6-2-1-3-7-12/h4-5,18H,1-3,6-8,13H2,(H2,14,15,16). The first-order valence-corrected chi connectivity index (χ1v) is 6.62. The van der Waals surface area contributed by atoms with E-state index in [2.05, 4.69) is 15.7 Å². The lowest BCUT2D eigenvalue weighted by Gasteiger charge is -2.32. The van der Waals surface area contributed by atoms with E-state index in [1.165, 1.54) is 12.1 Å². The summed E-state index contributed by atoms with van der Waals surface area (Å²) in [6.45, 7) is 0.245. The van der Waals surface area contributed by atoms with Crippen molar-refractivity contribution in [3.05, 3.63) is 22.2 Å². The number of aliphatic hydroxyl groups is 1. The predicted molar refractivity (Wildman–Crippen MR) is 75.2 cm³/mol. The van der Waals surface area contributed by atoms with Gasteiger partial charge in [0.15, 0.2) is 0 Å². The maximum Gasteiger partial charge on any atom is 0.311 e. The van der Waals surface area contributed by atoms with Crippen LogP contribution in [0.5, 0.6) is 0 Å². The molecule has 110 valence electrons. The average Bonchev–Trinajstić information content (AvgIpc) is 2.45. The van der Waals surface area contributed by atoms with Crippen molar-refractivity contribution in [2.45, 2.75) is 37.7 Å². The molecule has 1 saturated carbocycles. The Balaban J connectivity index is 2.12. The number of hydrogen-bond acceptors (Lipinski definition) is 7. The molecule has 20 heavy (non-hydrogen) atoms. The van der Waals surface area contributed by atoms with Crippen LogP contribution in [-0.2, 0) is 0 Å². The van der Waals surface area contributed by atoms with Crippen LogP contribution in [-0.4, -0.2) is 27.2 Å². The largest absolute Gasteiger partial charge is 0.388 e. The molecule has 0 aromatic carbocycles. The van der Waals surface area contributed by atoms with Crippen molar-refractivity contribution in [3.63, 3.8) is 0 Å². The minimum atomic E-state index is -0.819. The summed E-state index contributed by atoms with van der Waals surface area (Å²) in [5.74, 6) is 5.69. The van der Waals surface area contributed by atoms with Crippen LogP contribution in [0.2, 0.25) is 0 Å². The van der Waals surface area contributed by atoms with Crippen molar-refractivity contribution >= 4 is 17.3 Å². The van der Waals surface area contributed by atoms with Crippen LogP contribution >= 0.6 is 0 Å². The van der Waals surface area contributed by atoms with Gasteiger partial charge in [-0.2, -0.15) is 0 Å². The molecule has 1 fully saturated rings. The zero-order chi connectivity index (χ0) is 14.6. The van der Waals surface area contributed by atoms with Gasteiger partial charge in [0.1, 0.15) is 5.82 Å². The van der Waals surface area contributed by atoms with E-state index in [0.29, 0.717) is 18.7 Å². The van der Waals surface area contributed by atoms with Gasteiger partial charge in [-0.1, -0.05) is 19.3 Å². The van der Waals surface area contributed by atoms with Gasteiger partial charge >= 0.3 is 5.69 Å². The number of nitro groups is 1. The molecule has 0 aliphatic heterocycles. The van der Waals surface area contributed by atoms with E-state index in [4.69, 9.17) is 5.84 Å². The van der Waals surface area contributed by atoms with E-state index in [1.807, 2.05) is 0 Å². The Morgan fingerprint density at radius 2 is 2.10 bits per heavy atom. The Morgan fingerprint density at radius 1 is 1.40 bits per heavy atom. The van der Waals surface area contributed by atoms with E-state index < -0.39 is 10.5 Å². The molecule has 8 heteroatoms. The maximum atomic E-state index is 11.0. The lowest BCUT2D eigenvalue weighted by atomic mass is 9.85. The molecule has 5 N–H and O–H groups in total. The highest BCUT2D eigenvalue weighted by Gasteiger charge is 2.30. The molecule has 0 atom stereocenters. The Hall–Kier alpha value is -1.93. The summed E-state index contributed by atoms with van der Waals surface area (Å²) < 4.78 is 0. The number of hydrogen-bond donors (Lipinski definition) is 4. The van der Waals surface area contributed by atoms with E-state index in [1.54, 1.807) is 0 Å². The number of nitrogens with two attached hydrogens (primary N) is 1. The highest BCUT2D eigenvalue weighted by molar-refractivity contribution is 5.60. The smallest absolute Gasteiger partial charge is 0.311 e. The van der Waals surface area contributed by atoms with Crippen LogP contribution in [0.1, 0.15) is 32.1 Å². The fourth-order valence-corrected chi connectivity index (χ4v) is 2.44. The third-order valence-electron chi connectivity index (χ3n) is 3.59. The summed E-state index contributed by atoms with van der Waals surface area (Å²) in [6.07, 6.45) is 4.45. The van der Waals surface area contributed by atoms with Crippen LogP contribution in [0.3, 0.4) is 0 Å². The van der Waals surface area contributed by atoms with Gasteiger partial charge in [0.2, 0.25) is 5.82 Å². The first-order valence-electron chi connectivity index (χ1n) is 6.62. The molecule has 1 heterocycles. The van der Waals surface area contributed by atoms with E-state index in [-0.39, 0.29) is 18.1 Å². The summed E-state index contributed by atoms with van der Waals surface area (Å²) in [5.41, 5.74) is 1.39. The third kappa shape index (κ3) is 3.34. The molecule has 2 rings (SSSR count). The van der Waals surface area contributed by atoms with Gasteiger partial charge in [0, 0.05) is 12.6 Å². The van der Waals surface area contributed by atoms with Crippen molar-refractivity contribution in [2.75, 3.05) is 17.3 Å². The number of nitrogens with one attached hydrogen (secondary N) is 2. The highest BCUT2D eigenvalue weighted by Crippen LogP contribution is 2.30. The van der Waals surface area contributed by atoms with Crippen LogP contribution in [0, 0.1) is 10.1 Å². The summed E-state index contributed by atoms with van der Waals surface area (Å²) in [5, 5.41) is 24.2. The molecule has 1 aliphatic rings. The highest BCUT2D eigenvalue weighted by atomic mass is 16.6. The number of rotatable bonds is 5. The summed E-state index contributed by atoms with van der Waals surface area (Å²) in [4.78, 5) is 14.5. The molecular weight excluding hydrogens is 262 g/mol.